The van der Waals surface area contributed by atoms with E-state index in [-0.39, 0.29) is 0 Å². The van der Waals surface area contributed by atoms with E-state index in [0.29, 0.717) is 6.54 Å². The zero-order valence-corrected chi connectivity index (χ0v) is 9.00. The number of H-pyrrole nitrogens is 1. The molecule has 2 aromatic rings. The van der Waals surface area contributed by atoms with Crippen molar-refractivity contribution in [3.8, 4) is 11.3 Å². The summed E-state index contributed by atoms with van der Waals surface area (Å²) in [6, 6.07) is 1.97. The fraction of sp³-hybridized carbons (Fsp3) is 0.364. The minimum atomic E-state index is 0.627. The minimum absolute atomic E-state index is 0.627. The number of aromatic nitrogens is 2. The quantitative estimate of drug-likeness (QED) is 0.802. The molecule has 2 aromatic heterocycles. The van der Waals surface area contributed by atoms with Gasteiger partial charge in [0.2, 0.25) is 0 Å². The van der Waals surface area contributed by atoms with E-state index in [4.69, 9.17) is 10.2 Å². The highest BCUT2D eigenvalue weighted by Gasteiger charge is 2.15. The lowest BCUT2D eigenvalue weighted by molar-refractivity contribution is 0.578. The molecule has 15 heavy (non-hydrogen) atoms. The van der Waals surface area contributed by atoms with Crippen molar-refractivity contribution in [2.45, 2.75) is 20.3 Å². The van der Waals surface area contributed by atoms with Crippen molar-refractivity contribution in [2.24, 2.45) is 5.73 Å². The molecular formula is C11H15N3O. The smallest absolute Gasteiger partial charge is 0.140 e. The number of aromatic amines is 1. The van der Waals surface area contributed by atoms with Crippen LogP contribution >= 0.6 is 0 Å². The van der Waals surface area contributed by atoms with Gasteiger partial charge in [0.25, 0.3) is 0 Å². The summed E-state index contributed by atoms with van der Waals surface area (Å²) < 4.78 is 5.51. The topological polar surface area (TPSA) is 67.8 Å². The van der Waals surface area contributed by atoms with Gasteiger partial charge in [0.05, 0.1) is 17.5 Å². The van der Waals surface area contributed by atoms with Crippen molar-refractivity contribution >= 4 is 0 Å². The molecule has 0 spiro atoms. The molecule has 4 heteroatoms. The molecule has 2 rings (SSSR count). The lowest BCUT2D eigenvalue weighted by Gasteiger charge is -2.01. The fourth-order valence-electron chi connectivity index (χ4n) is 1.79. The SMILES string of the molecule is Cc1n[nH]c(C)c1-c1occc1CCN. The van der Waals surface area contributed by atoms with Crippen LogP contribution in [0.2, 0.25) is 0 Å². The molecule has 0 aromatic carbocycles. The number of nitrogens with one attached hydrogen (secondary N) is 1. The molecule has 0 radical (unpaired) electrons. The minimum Gasteiger partial charge on any atom is -0.464 e. The lowest BCUT2D eigenvalue weighted by Crippen LogP contribution is -2.02. The highest BCUT2D eigenvalue weighted by atomic mass is 16.3. The van der Waals surface area contributed by atoms with Gasteiger partial charge in [-0.05, 0) is 38.4 Å². The summed E-state index contributed by atoms with van der Waals surface area (Å²) in [5.74, 6) is 0.893. The van der Waals surface area contributed by atoms with Gasteiger partial charge < -0.3 is 10.2 Å². The Bertz CT molecular complexity index is 437. The highest BCUT2D eigenvalue weighted by molar-refractivity contribution is 5.66. The van der Waals surface area contributed by atoms with E-state index in [1.54, 1.807) is 6.26 Å². The Morgan fingerprint density at radius 3 is 2.87 bits per heavy atom. The highest BCUT2D eigenvalue weighted by Crippen LogP contribution is 2.29. The normalized spacial score (nSPS) is 10.9. The summed E-state index contributed by atoms with van der Waals surface area (Å²) in [6.07, 6.45) is 2.53. The third-order valence-corrected chi connectivity index (χ3v) is 2.52. The molecule has 2 heterocycles. The third kappa shape index (κ3) is 1.68. The van der Waals surface area contributed by atoms with Gasteiger partial charge in [0, 0.05) is 5.69 Å². The second kappa shape index (κ2) is 3.90. The molecule has 0 aliphatic carbocycles. The first kappa shape index (κ1) is 9.98. The summed E-state index contributed by atoms with van der Waals surface area (Å²) in [4.78, 5) is 0. The Balaban J connectivity index is 2.49. The average molecular weight is 205 g/mol. The molecule has 0 bridgehead atoms. The van der Waals surface area contributed by atoms with Crippen LogP contribution in [0.25, 0.3) is 11.3 Å². The fourth-order valence-corrected chi connectivity index (χ4v) is 1.79. The molecule has 0 saturated heterocycles. The Labute approximate surface area is 88.5 Å². The van der Waals surface area contributed by atoms with Gasteiger partial charge in [-0.15, -0.1) is 0 Å². The number of hydrogen-bond acceptors (Lipinski definition) is 3. The Kier molecular flexibility index (Phi) is 2.60. The Morgan fingerprint density at radius 2 is 2.27 bits per heavy atom. The first-order valence-corrected chi connectivity index (χ1v) is 5.02. The van der Waals surface area contributed by atoms with E-state index < -0.39 is 0 Å². The number of furan rings is 1. The van der Waals surface area contributed by atoms with Crippen molar-refractivity contribution in [1.29, 1.82) is 0 Å². The summed E-state index contributed by atoms with van der Waals surface area (Å²) in [6.45, 7) is 4.58. The molecule has 0 unspecified atom stereocenters. The summed E-state index contributed by atoms with van der Waals surface area (Å²) in [5.41, 5.74) is 9.74. The van der Waals surface area contributed by atoms with Gasteiger partial charge in [0.15, 0.2) is 0 Å². The number of nitrogens with two attached hydrogens (primary N) is 1. The van der Waals surface area contributed by atoms with Crippen molar-refractivity contribution in [3.05, 3.63) is 29.3 Å². The number of aryl methyl sites for hydroxylation is 2. The molecule has 80 valence electrons. The molecule has 0 atom stereocenters. The third-order valence-electron chi connectivity index (χ3n) is 2.52. The first-order valence-electron chi connectivity index (χ1n) is 5.02. The van der Waals surface area contributed by atoms with Crippen molar-refractivity contribution in [1.82, 2.24) is 10.2 Å². The van der Waals surface area contributed by atoms with Crippen LogP contribution in [0.1, 0.15) is 17.0 Å². The molecule has 0 saturated carbocycles. The predicted octanol–water partition coefficient (Wildman–Crippen LogP) is 1.79. The van der Waals surface area contributed by atoms with Crippen LogP contribution in [0.5, 0.6) is 0 Å². The van der Waals surface area contributed by atoms with Gasteiger partial charge >= 0.3 is 0 Å². The van der Waals surface area contributed by atoms with Gasteiger partial charge in [0.1, 0.15) is 5.76 Å². The molecule has 3 N–H and O–H groups in total. The molecule has 0 fully saturated rings. The zero-order valence-electron chi connectivity index (χ0n) is 9.00. The first-order chi connectivity index (χ1) is 7.24. The molecule has 4 nitrogen and oxygen atoms in total. The van der Waals surface area contributed by atoms with E-state index >= 15 is 0 Å². The van der Waals surface area contributed by atoms with E-state index in [1.807, 2.05) is 19.9 Å². The molecule has 0 aliphatic heterocycles. The van der Waals surface area contributed by atoms with Crippen LogP contribution in [-0.2, 0) is 6.42 Å². The maximum absolute atomic E-state index is 5.55. The zero-order chi connectivity index (χ0) is 10.8. The maximum Gasteiger partial charge on any atom is 0.140 e. The van der Waals surface area contributed by atoms with Crippen LogP contribution < -0.4 is 5.73 Å². The largest absolute Gasteiger partial charge is 0.464 e. The van der Waals surface area contributed by atoms with Crippen LogP contribution in [0.15, 0.2) is 16.7 Å². The number of rotatable bonds is 3. The Hall–Kier alpha value is -1.55. The maximum atomic E-state index is 5.55. The summed E-state index contributed by atoms with van der Waals surface area (Å²) >= 11 is 0. The second-order valence-electron chi connectivity index (χ2n) is 3.62. The van der Waals surface area contributed by atoms with E-state index in [9.17, 15) is 0 Å². The Morgan fingerprint density at radius 1 is 1.47 bits per heavy atom. The monoisotopic (exact) mass is 205 g/mol. The van der Waals surface area contributed by atoms with Gasteiger partial charge in [-0.2, -0.15) is 5.10 Å². The molecular weight excluding hydrogens is 190 g/mol. The van der Waals surface area contributed by atoms with Crippen LogP contribution in [0.3, 0.4) is 0 Å². The molecule has 0 aliphatic rings. The van der Waals surface area contributed by atoms with Gasteiger partial charge in [-0.3, -0.25) is 5.10 Å². The standard InChI is InChI=1S/C11H15N3O/c1-7-10(8(2)14-13-7)11-9(3-5-12)4-6-15-11/h4,6H,3,5,12H2,1-2H3,(H,13,14). The summed E-state index contributed by atoms with van der Waals surface area (Å²) in [7, 11) is 0. The molecule has 0 amide bonds. The van der Waals surface area contributed by atoms with Crippen molar-refractivity contribution < 1.29 is 4.42 Å². The lowest BCUT2D eigenvalue weighted by atomic mass is 10.1. The predicted molar refractivity (Wildman–Crippen MR) is 58.5 cm³/mol. The van der Waals surface area contributed by atoms with Crippen LogP contribution in [-0.4, -0.2) is 16.7 Å². The van der Waals surface area contributed by atoms with Gasteiger partial charge in [-0.1, -0.05) is 0 Å². The van der Waals surface area contributed by atoms with E-state index in [0.717, 1.165) is 34.7 Å². The summed E-state index contributed by atoms with van der Waals surface area (Å²) in [5, 5.41) is 7.11. The second-order valence-corrected chi connectivity index (χ2v) is 3.62. The van der Waals surface area contributed by atoms with E-state index in [1.165, 1.54) is 0 Å². The number of nitrogens with zero attached hydrogens (tertiary/aromatic N) is 1. The van der Waals surface area contributed by atoms with Crippen molar-refractivity contribution in [2.75, 3.05) is 6.54 Å². The van der Waals surface area contributed by atoms with Crippen LogP contribution in [0, 0.1) is 13.8 Å². The number of hydrogen-bond donors (Lipinski definition) is 2. The van der Waals surface area contributed by atoms with E-state index in [2.05, 4.69) is 10.2 Å². The van der Waals surface area contributed by atoms with Gasteiger partial charge in [-0.25, -0.2) is 0 Å². The van der Waals surface area contributed by atoms with Crippen LogP contribution in [0.4, 0.5) is 0 Å². The average Bonchev–Trinajstić information content (AvgIpc) is 2.75. The van der Waals surface area contributed by atoms with Crippen molar-refractivity contribution in [3.63, 3.8) is 0 Å².